The molecule has 2 amide bonds. The van der Waals surface area contributed by atoms with Gasteiger partial charge in [0, 0.05) is 6.21 Å². The molecule has 1 saturated heterocycles. The van der Waals surface area contributed by atoms with E-state index in [1.807, 2.05) is 6.07 Å². The second kappa shape index (κ2) is 7.88. The van der Waals surface area contributed by atoms with Gasteiger partial charge in [0.1, 0.15) is 0 Å². The summed E-state index contributed by atoms with van der Waals surface area (Å²) in [5.74, 6) is -2.69. The molecule has 1 aliphatic rings. The number of rotatable bonds is 4. The SMILES string of the molecule is COC(=O)c1cccc(N=C[C@@H]2C(=O)NC(=S)N(c3ccccc3)C2=O)c1. The molecule has 1 atom stereocenters. The van der Waals surface area contributed by atoms with Crippen LogP contribution in [0.4, 0.5) is 11.4 Å². The van der Waals surface area contributed by atoms with Crippen molar-refractivity contribution in [1.82, 2.24) is 5.32 Å². The Morgan fingerprint density at radius 3 is 2.63 bits per heavy atom. The molecule has 7 nitrogen and oxygen atoms in total. The lowest BCUT2D eigenvalue weighted by Gasteiger charge is -2.30. The maximum atomic E-state index is 12.8. The highest BCUT2D eigenvalue weighted by molar-refractivity contribution is 7.80. The fourth-order valence-electron chi connectivity index (χ4n) is 2.54. The summed E-state index contributed by atoms with van der Waals surface area (Å²) >= 11 is 5.13. The van der Waals surface area contributed by atoms with Gasteiger partial charge in [-0.3, -0.25) is 19.5 Å². The molecule has 0 aromatic heterocycles. The number of esters is 1. The molecule has 27 heavy (non-hydrogen) atoms. The van der Waals surface area contributed by atoms with Gasteiger partial charge < -0.3 is 10.1 Å². The molecule has 1 N–H and O–H groups in total. The highest BCUT2D eigenvalue weighted by Crippen LogP contribution is 2.21. The Bertz CT molecular complexity index is 943. The van der Waals surface area contributed by atoms with Gasteiger partial charge in [-0.15, -0.1) is 0 Å². The van der Waals surface area contributed by atoms with Crippen LogP contribution in [-0.4, -0.2) is 36.2 Å². The van der Waals surface area contributed by atoms with Crippen LogP contribution < -0.4 is 10.2 Å². The topological polar surface area (TPSA) is 88.1 Å². The van der Waals surface area contributed by atoms with Gasteiger partial charge in [0.2, 0.25) is 5.91 Å². The Morgan fingerprint density at radius 1 is 1.19 bits per heavy atom. The molecule has 0 unspecified atom stereocenters. The van der Waals surface area contributed by atoms with Crippen LogP contribution in [0.25, 0.3) is 0 Å². The van der Waals surface area contributed by atoms with E-state index in [1.165, 1.54) is 24.3 Å². The molecule has 0 radical (unpaired) electrons. The molecule has 0 spiro atoms. The number of nitrogens with one attached hydrogen (secondary N) is 1. The van der Waals surface area contributed by atoms with Crippen LogP contribution in [0.15, 0.2) is 59.6 Å². The average molecular weight is 381 g/mol. The third kappa shape index (κ3) is 3.90. The van der Waals surface area contributed by atoms with E-state index in [4.69, 9.17) is 12.2 Å². The van der Waals surface area contributed by atoms with Crippen molar-refractivity contribution >= 4 is 52.7 Å². The number of aliphatic imine (C=N–C) groups is 1. The van der Waals surface area contributed by atoms with Gasteiger partial charge in [0.15, 0.2) is 11.0 Å². The number of amides is 2. The van der Waals surface area contributed by atoms with Crippen LogP contribution in [0.3, 0.4) is 0 Å². The molecule has 1 fully saturated rings. The molecule has 1 aliphatic heterocycles. The summed E-state index contributed by atoms with van der Waals surface area (Å²) in [5.41, 5.74) is 1.29. The number of thiocarbonyl (C=S) groups is 1. The molecular formula is C19H15N3O4S. The maximum Gasteiger partial charge on any atom is 0.337 e. The van der Waals surface area contributed by atoms with Gasteiger partial charge in [0.05, 0.1) is 24.0 Å². The van der Waals surface area contributed by atoms with Crippen molar-refractivity contribution in [3.63, 3.8) is 0 Å². The Labute approximate surface area is 160 Å². The summed E-state index contributed by atoms with van der Waals surface area (Å²) < 4.78 is 4.66. The Kier molecular flexibility index (Phi) is 5.37. The van der Waals surface area contributed by atoms with Gasteiger partial charge in [0.25, 0.3) is 5.91 Å². The summed E-state index contributed by atoms with van der Waals surface area (Å²) in [5, 5.41) is 2.54. The Morgan fingerprint density at radius 2 is 1.93 bits per heavy atom. The highest BCUT2D eigenvalue weighted by Gasteiger charge is 2.38. The fourth-order valence-corrected chi connectivity index (χ4v) is 2.83. The minimum Gasteiger partial charge on any atom is -0.465 e. The molecule has 2 aromatic rings. The molecule has 1 heterocycles. The summed E-state index contributed by atoms with van der Waals surface area (Å²) in [4.78, 5) is 42.1. The Hall–Kier alpha value is -3.39. The third-order valence-electron chi connectivity index (χ3n) is 3.86. The summed E-state index contributed by atoms with van der Waals surface area (Å²) in [6.07, 6.45) is 1.24. The molecule has 0 saturated carbocycles. The molecule has 0 bridgehead atoms. The number of ether oxygens (including phenoxy) is 1. The number of carbonyl (C=O) groups is 3. The summed E-state index contributed by atoms with van der Waals surface area (Å²) in [6, 6.07) is 15.2. The zero-order chi connectivity index (χ0) is 19.4. The smallest absolute Gasteiger partial charge is 0.337 e. The lowest BCUT2D eigenvalue weighted by Crippen LogP contribution is -2.58. The lowest BCUT2D eigenvalue weighted by atomic mass is 10.1. The number of carbonyl (C=O) groups excluding carboxylic acids is 3. The van der Waals surface area contributed by atoms with Crippen molar-refractivity contribution in [2.24, 2.45) is 10.9 Å². The number of benzene rings is 2. The zero-order valence-electron chi connectivity index (χ0n) is 14.3. The number of anilines is 1. The minimum atomic E-state index is -1.14. The molecule has 136 valence electrons. The van der Waals surface area contributed by atoms with Crippen LogP contribution in [0.1, 0.15) is 10.4 Å². The van der Waals surface area contributed by atoms with E-state index in [0.717, 1.165) is 0 Å². The predicted octanol–water partition coefficient (Wildman–Crippen LogP) is 2.24. The molecule has 2 aromatic carbocycles. The van der Waals surface area contributed by atoms with Crippen molar-refractivity contribution in [2.75, 3.05) is 12.0 Å². The number of methoxy groups -OCH3 is 1. The standard InChI is InChI=1S/C19H15N3O4S/c1-26-18(25)12-6-5-7-13(10-12)20-11-15-16(23)21-19(27)22(17(15)24)14-8-3-2-4-9-14/h2-11,15H,1H3,(H,21,23,27)/t15-/m1/s1. The van der Waals surface area contributed by atoms with E-state index in [0.29, 0.717) is 16.9 Å². The highest BCUT2D eigenvalue weighted by atomic mass is 32.1. The minimum absolute atomic E-state index is 0.0218. The third-order valence-corrected chi connectivity index (χ3v) is 4.14. The monoisotopic (exact) mass is 381 g/mol. The van der Waals surface area contributed by atoms with Gasteiger partial charge in [-0.1, -0.05) is 24.3 Å². The molecule has 3 rings (SSSR count). The van der Waals surface area contributed by atoms with Gasteiger partial charge >= 0.3 is 5.97 Å². The Balaban J connectivity index is 1.86. The van der Waals surface area contributed by atoms with Crippen LogP contribution in [0, 0.1) is 5.92 Å². The number of hydrogen-bond acceptors (Lipinski definition) is 6. The van der Waals surface area contributed by atoms with Crippen LogP contribution in [0.5, 0.6) is 0 Å². The molecular weight excluding hydrogens is 366 g/mol. The van der Waals surface area contributed by atoms with E-state index in [9.17, 15) is 14.4 Å². The van der Waals surface area contributed by atoms with Gasteiger partial charge in [-0.2, -0.15) is 0 Å². The second-order valence-electron chi connectivity index (χ2n) is 5.60. The first kappa shape index (κ1) is 18.4. The van der Waals surface area contributed by atoms with E-state index in [2.05, 4.69) is 15.0 Å². The van der Waals surface area contributed by atoms with E-state index in [-0.39, 0.29) is 5.11 Å². The second-order valence-corrected chi connectivity index (χ2v) is 5.99. The number of hydrogen-bond donors (Lipinski definition) is 1. The maximum absolute atomic E-state index is 12.8. The summed E-state index contributed by atoms with van der Waals surface area (Å²) in [6.45, 7) is 0. The fraction of sp³-hybridized carbons (Fsp3) is 0.105. The zero-order valence-corrected chi connectivity index (χ0v) is 15.1. The average Bonchev–Trinajstić information content (AvgIpc) is 2.68. The summed E-state index contributed by atoms with van der Waals surface area (Å²) in [7, 11) is 1.28. The lowest BCUT2D eigenvalue weighted by molar-refractivity contribution is -0.130. The quantitative estimate of drug-likeness (QED) is 0.380. The van der Waals surface area contributed by atoms with Crippen LogP contribution >= 0.6 is 12.2 Å². The molecule has 8 heteroatoms. The van der Waals surface area contributed by atoms with E-state index >= 15 is 0 Å². The number of nitrogens with zero attached hydrogens (tertiary/aromatic N) is 2. The predicted molar refractivity (Wildman–Crippen MR) is 104 cm³/mol. The van der Waals surface area contributed by atoms with Crippen molar-refractivity contribution < 1.29 is 19.1 Å². The van der Waals surface area contributed by atoms with E-state index in [1.54, 1.807) is 42.5 Å². The van der Waals surface area contributed by atoms with Crippen LogP contribution in [0.2, 0.25) is 0 Å². The number of para-hydroxylation sites is 1. The van der Waals surface area contributed by atoms with E-state index < -0.39 is 23.7 Å². The van der Waals surface area contributed by atoms with Crippen molar-refractivity contribution in [3.05, 3.63) is 60.2 Å². The van der Waals surface area contributed by atoms with Crippen molar-refractivity contribution in [3.8, 4) is 0 Å². The van der Waals surface area contributed by atoms with Crippen molar-refractivity contribution in [2.45, 2.75) is 0 Å². The largest absolute Gasteiger partial charge is 0.465 e. The first-order chi connectivity index (χ1) is 13.0. The first-order valence-corrected chi connectivity index (χ1v) is 8.38. The first-order valence-electron chi connectivity index (χ1n) is 7.97. The molecule has 0 aliphatic carbocycles. The van der Waals surface area contributed by atoms with Gasteiger partial charge in [-0.25, -0.2) is 4.79 Å². The van der Waals surface area contributed by atoms with Gasteiger partial charge in [-0.05, 0) is 42.5 Å². The normalized spacial score (nSPS) is 17.1. The van der Waals surface area contributed by atoms with Crippen molar-refractivity contribution in [1.29, 1.82) is 0 Å². The van der Waals surface area contributed by atoms with Crippen LogP contribution in [-0.2, 0) is 14.3 Å².